The minimum atomic E-state index is 0.197. The molecule has 0 N–H and O–H groups in total. The zero-order chi connectivity index (χ0) is 14.9. The quantitative estimate of drug-likeness (QED) is 0.866. The van der Waals surface area contributed by atoms with E-state index in [1.54, 1.807) is 22.7 Å². The highest BCUT2D eigenvalue weighted by molar-refractivity contribution is 7.14. The van der Waals surface area contributed by atoms with E-state index in [4.69, 9.17) is 4.74 Å². The molecule has 0 radical (unpaired) electrons. The molecule has 1 aliphatic carbocycles. The monoisotopic (exact) mass is 334 g/mol. The molecule has 2 atom stereocenters. The number of amides is 1. The summed E-state index contributed by atoms with van der Waals surface area (Å²) in [7, 11) is 0. The molecule has 6 heteroatoms. The van der Waals surface area contributed by atoms with Crippen LogP contribution < -0.4 is 0 Å². The molecule has 116 valence electrons. The van der Waals surface area contributed by atoms with Crippen LogP contribution in [0.4, 0.5) is 0 Å². The van der Waals surface area contributed by atoms with Gasteiger partial charge in [0.1, 0.15) is 5.01 Å². The maximum absolute atomic E-state index is 12.6. The van der Waals surface area contributed by atoms with Crippen LogP contribution in [0.2, 0.25) is 0 Å². The van der Waals surface area contributed by atoms with Crippen molar-refractivity contribution in [2.45, 2.75) is 37.8 Å². The van der Waals surface area contributed by atoms with Crippen molar-refractivity contribution < 1.29 is 9.53 Å². The summed E-state index contributed by atoms with van der Waals surface area (Å²) >= 11 is 3.28. The van der Waals surface area contributed by atoms with Crippen molar-refractivity contribution in [1.29, 1.82) is 0 Å². The predicted octanol–water partition coefficient (Wildman–Crippen LogP) is 3.19. The highest BCUT2D eigenvalue weighted by Crippen LogP contribution is 2.30. The van der Waals surface area contributed by atoms with E-state index in [2.05, 4.69) is 21.8 Å². The molecule has 1 saturated carbocycles. The first kappa shape index (κ1) is 14.4. The van der Waals surface area contributed by atoms with E-state index in [-0.39, 0.29) is 18.1 Å². The van der Waals surface area contributed by atoms with Crippen LogP contribution in [0.25, 0.3) is 10.6 Å². The molecule has 0 aromatic carbocycles. The first-order valence-corrected chi connectivity index (χ1v) is 9.51. The van der Waals surface area contributed by atoms with Gasteiger partial charge in [-0.25, -0.2) is 4.98 Å². The zero-order valence-electron chi connectivity index (χ0n) is 12.2. The second kappa shape index (κ2) is 6.10. The third kappa shape index (κ3) is 2.71. The normalized spacial score (nSPS) is 24.5. The lowest BCUT2D eigenvalue weighted by molar-refractivity contribution is -0.143. The Bertz CT molecular complexity index is 653. The van der Waals surface area contributed by atoms with E-state index >= 15 is 0 Å². The molecule has 2 aromatic heterocycles. The number of fused-ring (bicyclic) bond motifs is 1. The standard InChI is InChI=1S/C16H18N2O2S2/c19-15(18-5-6-20-14-3-1-2-13(14)18)8-12-10-22-16(17-12)11-4-7-21-9-11/h4,7,9-10,13-14H,1-3,5-6,8H2/t13-,14+/m0/s1. The third-order valence-electron chi connectivity index (χ3n) is 4.45. The Morgan fingerprint density at radius 1 is 1.41 bits per heavy atom. The largest absolute Gasteiger partial charge is 0.374 e. The molecule has 0 spiro atoms. The molecular weight excluding hydrogens is 316 g/mol. The van der Waals surface area contributed by atoms with Gasteiger partial charge in [-0.3, -0.25) is 4.79 Å². The number of hydrogen-bond donors (Lipinski definition) is 0. The molecule has 0 unspecified atom stereocenters. The molecule has 3 heterocycles. The van der Waals surface area contributed by atoms with Gasteiger partial charge >= 0.3 is 0 Å². The SMILES string of the molecule is O=C(Cc1csc(-c2ccsc2)n1)N1CCO[C@@H]2CCC[C@@H]21. The van der Waals surface area contributed by atoms with Crippen LogP contribution in [0.1, 0.15) is 25.0 Å². The fourth-order valence-electron chi connectivity index (χ4n) is 3.40. The molecule has 1 saturated heterocycles. The molecule has 2 aliphatic rings. The average molecular weight is 334 g/mol. The number of rotatable bonds is 3. The van der Waals surface area contributed by atoms with Gasteiger partial charge in [0.15, 0.2) is 0 Å². The number of hydrogen-bond acceptors (Lipinski definition) is 5. The van der Waals surface area contributed by atoms with Crippen LogP contribution in [0, 0.1) is 0 Å². The summed E-state index contributed by atoms with van der Waals surface area (Å²) in [5, 5.41) is 7.16. The lowest BCUT2D eigenvalue weighted by Crippen LogP contribution is -2.51. The summed E-state index contributed by atoms with van der Waals surface area (Å²) in [5.41, 5.74) is 2.04. The predicted molar refractivity (Wildman–Crippen MR) is 88.2 cm³/mol. The number of carbonyl (C=O) groups excluding carboxylic acids is 1. The van der Waals surface area contributed by atoms with Crippen molar-refractivity contribution in [1.82, 2.24) is 9.88 Å². The molecule has 1 aliphatic heterocycles. The number of carbonyl (C=O) groups is 1. The van der Waals surface area contributed by atoms with Gasteiger partial charge in [-0.05, 0) is 30.7 Å². The van der Waals surface area contributed by atoms with Gasteiger partial charge in [0.05, 0.1) is 30.9 Å². The van der Waals surface area contributed by atoms with Crippen LogP contribution in [0.5, 0.6) is 0 Å². The average Bonchev–Trinajstić information content (AvgIpc) is 3.27. The zero-order valence-corrected chi connectivity index (χ0v) is 13.9. The first-order chi connectivity index (χ1) is 10.8. The van der Waals surface area contributed by atoms with Gasteiger partial charge in [-0.1, -0.05) is 0 Å². The summed E-state index contributed by atoms with van der Waals surface area (Å²) in [6.07, 6.45) is 4.00. The Kier molecular flexibility index (Phi) is 3.98. The Hall–Kier alpha value is -1.24. The van der Waals surface area contributed by atoms with Crippen molar-refractivity contribution in [2.24, 2.45) is 0 Å². The van der Waals surface area contributed by atoms with Crippen molar-refractivity contribution >= 4 is 28.6 Å². The van der Waals surface area contributed by atoms with Gasteiger partial charge in [-0.15, -0.1) is 11.3 Å². The fraction of sp³-hybridized carbons (Fsp3) is 0.500. The molecule has 1 amide bonds. The summed E-state index contributed by atoms with van der Waals surface area (Å²) in [4.78, 5) is 19.3. The van der Waals surface area contributed by atoms with Crippen LogP contribution in [-0.2, 0) is 16.0 Å². The topological polar surface area (TPSA) is 42.4 Å². The van der Waals surface area contributed by atoms with E-state index in [9.17, 15) is 4.79 Å². The minimum absolute atomic E-state index is 0.197. The lowest BCUT2D eigenvalue weighted by atomic mass is 10.1. The molecule has 2 fully saturated rings. The second-order valence-corrected chi connectivity index (χ2v) is 7.47. The van der Waals surface area contributed by atoms with Gasteiger partial charge in [0.2, 0.25) is 5.91 Å². The molecule has 22 heavy (non-hydrogen) atoms. The van der Waals surface area contributed by atoms with Gasteiger partial charge in [0, 0.05) is 22.9 Å². The summed E-state index contributed by atoms with van der Waals surface area (Å²) in [5.74, 6) is 0.197. The fourth-order valence-corrected chi connectivity index (χ4v) is 4.93. The van der Waals surface area contributed by atoms with Crippen molar-refractivity contribution in [2.75, 3.05) is 13.2 Å². The van der Waals surface area contributed by atoms with E-state index in [0.717, 1.165) is 42.1 Å². The van der Waals surface area contributed by atoms with E-state index in [0.29, 0.717) is 13.0 Å². The van der Waals surface area contributed by atoms with Gasteiger partial charge in [-0.2, -0.15) is 11.3 Å². The number of aromatic nitrogens is 1. The Morgan fingerprint density at radius 2 is 2.36 bits per heavy atom. The van der Waals surface area contributed by atoms with E-state index in [1.807, 2.05) is 10.3 Å². The number of thiazole rings is 1. The summed E-state index contributed by atoms with van der Waals surface area (Å²) in [6.45, 7) is 1.39. The molecule has 2 aromatic rings. The third-order valence-corrected chi connectivity index (χ3v) is 6.08. The van der Waals surface area contributed by atoms with Crippen LogP contribution in [0.15, 0.2) is 22.2 Å². The van der Waals surface area contributed by atoms with Crippen LogP contribution >= 0.6 is 22.7 Å². The van der Waals surface area contributed by atoms with Crippen molar-refractivity contribution in [3.8, 4) is 10.6 Å². The summed E-state index contributed by atoms with van der Waals surface area (Å²) in [6, 6.07) is 2.36. The Labute approximate surface area is 137 Å². The molecule has 4 nitrogen and oxygen atoms in total. The maximum atomic E-state index is 12.6. The van der Waals surface area contributed by atoms with E-state index in [1.165, 1.54) is 0 Å². The highest BCUT2D eigenvalue weighted by Gasteiger charge is 2.38. The number of ether oxygens (including phenoxy) is 1. The Morgan fingerprint density at radius 3 is 3.23 bits per heavy atom. The molecule has 4 rings (SSSR count). The van der Waals surface area contributed by atoms with Gasteiger partial charge < -0.3 is 9.64 Å². The maximum Gasteiger partial charge on any atom is 0.229 e. The van der Waals surface area contributed by atoms with Crippen LogP contribution in [0.3, 0.4) is 0 Å². The van der Waals surface area contributed by atoms with Crippen LogP contribution in [-0.4, -0.2) is 41.1 Å². The minimum Gasteiger partial charge on any atom is -0.374 e. The first-order valence-electron chi connectivity index (χ1n) is 7.69. The highest BCUT2D eigenvalue weighted by atomic mass is 32.1. The van der Waals surface area contributed by atoms with Gasteiger partial charge in [0.25, 0.3) is 0 Å². The van der Waals surface area contributed by atoms with E-state index < -0.39 is 0 Å². The molecule has 0 bridgehead atoms. The van der Waals surface area contributed by atoms with Crippen molar-refractivity contribution in [3.63, 3.8) is 0 Å². The second-order valence-electron chi connectivity index (χ2n) is 5.83. The lowest BCUT2D eigenvalue weighted by Gasteiger charge is -2.37. The summed E-state index contributed by atoms with van der Waals surface area (Å²) < 4.78 is 5.78. The number of thiophene rings is 1. The Balaban J connectivity index is 1.45. The van der Waals surface area contributed by atoms with Crippen molar-refractivity contribution in [3.05, 3.63) is 27.9 Å². The molecular formula is C16H18N2O2S2. The number of morpholine rings is 1. The number of nitrogens with zero attached hydrogens (tertiary/aromatic N) is 2. The smallest absolute Gasteiger partial charge is 0.229 e.